The highest BCUT2D eigenvalue weighted by atomic mass is 16.1. The van der Waals surface area contributed by atoms with Gasteiger partial charge in [-0.15, -0.1) is 0 Å². The molecule has 0 aliphatic rings. The van der Waals surface area contributed by atoms with Gasteiger partial charge in [-0.1, -0.05) is 19.8 Å². The zero-order valence-corrected chi connectivity index (χ0v) is 13.4. The normalized spacial score (nSPS) is 12.1. The second kappa shape index (κ2) is 7.68. The lowest BCUT2D eigenvalue weighted by Crippen LogP contribution is -2.26. The number of nitrogens with zero attached hydrogens (tertiary/aromatic N) is 4. The molecular formula is C16H23N5O. The molecule has 6 nitrogen and oxygen atoms in total. The maximum absolute atomic E-state index is 11.3. The first-order valence-corrected chi connectivity index (χ1v) is 7.75. The van der Waals surface area contributed by atoms with E-state index in [1.54, 1.807) is 17.1 Å². The summed E-state index contributed by atoms with van der Waals surface area (Å²) in [5.41, 5.74) is 0.899. The summed E-state index contributed by atoms with van der Waals surface area (Å²) in [5.74, 6) is 1.48. The number of aryl methyl sites for hydroxylation is 1. The minimum Gasteiger partial charge on any atom is -0.347 e. The minimum absolute atomic E-state index is 0.0793. The molecule has 0 saturated heterocycles. The SMILES string of the molecule is CCCCCc1nc([C@H](C)NC(C)=O)n(-c2ccncc2)n1. The van der Waals surface area contributed by atoms with Crippen molar-refractivity contribution in [3.63, 3.8) is 0 Å². The highest BCUT2D eigenvalue weighted by molar-refractivity contribution is 5.73. The molecule has 0 radical (unpaired) electrons. The number of aromatic nitrogens is 4. The third-order valence-electron chi connectivity index (χ3n) is 3.39. The van der Waals surface area contributed by atoms with E-state index in [9.17, 15) is 4.79 Å². The van der Waals surface area contributed by atoms with Crippen LogP contribution in [0.2, 0.25) is 0 Å². The number of hydrogen-bond donors (Lipinski definition) is 1. The lowest BCUT2D eigenvalue weighted by Gasteiger charge is -2.13. The second-order valence-electron chi connectivity index (χ2n) is 5.38. The van der Waals surface area contributed by atoms with E-state index >= 15 is 0 Å². The monoisotopic (exact) mass is 301 g/mol. The molecule has 22 heavy (non-hydrogen) atoms. The maximum Gasteiger partial charge on any atom is 0.217 e. The fourth-order valence-electron chi connectivity index (χ4n) is 2.33. The lowest BCUT2D eigenvalue weighted by atomic mass is 10.2. The first kappa shape index (κ1) is 16.1. The molecule has 2 aromatic heterocycles. The van der Waals surface area contributed by atoms with Gasteiger partial charge in [-0.25, -0.2) is 9.67 Å². The number of hydrogen-bond acceptors (Lipinski definition) is 4. The highest BCUT2D eigenvalue weighted by Gasteiger charge is 2.18. The molecule has 2 rings (SSSR count). The molecule has 2 heterocycles. The molecule has 1 amide bonds. The minimum atomic E-state index is -0.196. The Balaban J connectivity index is 2.30. The molecule has 0 bridgehead atoms. The van der Waals surface area contributed by atoms with Crippen molar-refractivity contribution >= 4 is 5.91 Å². The van der Waals surface area contributed by atoms with Crippen LogP contribution in [0.25, 0.3) is 5.69 Å². The third-order valence-corrected chi connectivity index (χ3v) is 3.39. The van der Waals surface area contributed by atoms with E-state index in [0.717, 1.165) is 30.2 Å². The van der Waals surface area contributed by atoms with E-state index in [2.05, 4.69) is 27.3 Å². The van der Waals surface area contributed by atoms with Crippen molar-refractivity contribution in [3.8, 4) is 5.69 Å². The number of rotatable bonds is 7. The van der Waals surface area contributed by atoms with Gasteiger partial charge in [-0.05, 0) is 25.5 Å². The summed E-state index contributed by atoms with van der Waals surface area (Å²) in [5, 5.41) is 7.48. The molecular weight excluding hydrogens is 278 g/mol. The predicted octanol–water partition coefficient (Wildman–Crippen LogP) is 2.59. The molecule has 1 N–H and O–H groups in total. The van der Waals surface area contributed by atoms with Gasteiger partial charge in [0.05, 0.1) is 11.7 Å². The molecule has 2 aromatic rings. The zero-order chi connectivity index (χ0) is 15.9. The van der Waals surface area contributed by atoms with Crippen molar-refractivity contribution in [2.24, 2.45) is 0 Å². The van der Waals surface area contributed by atoms with Gasteiger partial charge in [0.2, 0.25) is 5.91 Å². The van der Waals surface area contributed by atoms with Gasteiger partial charge in [0.1, 0.15) is 0 Å². The Morgan fingerprint density at radius 2 is 2.05 bits per heavy atom. The predicted molar refractivity (Wildman–Crippen MR) is 84.6 cm³/mol. The van der Waals surface area contributed by atoms with Crippen LogP contribution in [0, 0.1) is 0 Å². The summed E-state index contributed by atoms with van der Waals surface area (Å²) in [7, 11) is 0. The molecule has 0 saturated carbocycles. The van der Waals surface area contributed by atoms with Crippen LogP contribution in [-0.2, 0) is 11.2 Å². The third kappa shape index (κ3) is 4.13. The van der Waals surface area contributed by atoms with Crippen LogP contribution < -0.4 is 5.32 Å². The van der Waals surface area contributed by atoms with Crippen molar-refractivity contribution in [1.29, 1.82) is 0 Å². The molecule has 6 heteroatoms. The molecule has 118 valence electrons. The topological polar surface area (TPSA) is 72.7 Å². The average molecular weight is 301 g/mol. The van der Waals surface area contributed by atoms with Crippen molar-refractivity contribution < 1.29 is 4.79 Å². The molecule has 0 aliphatic carbocycles. The Hall–Kier alpha value is -2.24. The van der Waals surface area contributed by atoms with Crippen molar-refractivity contribution in [2.45, 2.75) is 52.5 Å². The van der Waals surface area contributed by atoms with Crippen LogP contribution in [0.4, 0.5) is 0 Å². The lowest BCUT2D eigenvalue weighted by molar-refractivity contribution is -0.119. The van der Waals surface area contributed by atoms with Gasteiger partial charge in [0.25, 0.3) is 0 Å². The number of pyridine rings is 1. The molecule has 0 aliphatic heterocycles. The van der Waals surface area contributed by atoms with Crippen LogP contribution >= 0.6 is 0 Å². The second-order valence-corrected chi connectivity index (χ2v) is 5.38. The standard InChI is InChI=1S/C16H23N5O/c1-4-5-6-7-15-19-16(12(2)18-13(3)22)21(20-15)14-8-10-17-11-9-14/h8-12H,4-7H2,1-3H3,(H,18,22)/t12-/m0/s1. The first-order chi connectivity index (χ1) is 10.6. The number of unbranched alkanes of at least 4 members (excludes halogenated alkanes) is 2. The average Bonchev–Trinajstić information content (AvgIpc) is 2.92. The Morgan fingerprint density at radius 3 is 2.68 bits per heavy atom. The van der Waals surface area contributed by atoms with E-state index in [1.807, 2.05) is 19.1 Å². The van der Waals surface area contributed by atoms with Gasteiger partial charge in [-0.3, -0.25) is 9.78 Å². The summed E-state index contributed by atoms with van der Waals surface area (Å²) in [6.45, 7) is 5.60. The van der Waals surface area contributed by atoms with E-state index in [0.29, 0.717) is 0 Å². The summed E-state index contributed by atoms with van der Waals surface area (Å²) in [4.78, 5) is 20.0. The fraction of sp³-hybridized carbons (Fsp3) is 0.500. The van der Waals surface area contributed by atoms with Crippen LogP contribution in [0.15, 0.2) is 24.5 Å². The Kier molecular flexibility index (Phi) is 5.63. The first-order valence-electron chi connectivity index (χ1n) is 7.75. The number of nitrogens with one attached hydrogen (secondary N) is 1. The molecule has 0 fully saturated rings. The number of carbonyl (C=O) groups excluding carboxylic acids is 1. The smallest absolute Gasteiger partial charge is 0.217 e. The van der Waals surface area contributed by atoms with Crippen LogP contribution in [-0.4, -0.2) is 25.7 Å². The number of carbonyl (C=O) groups is 1. The summed E-state index contributed by atoms with van der Waals surface area (Å²) >= 11 is 0. The van der Waals surface area contributed by atoms with E-state index in [-0.39, 0.29) is 11.9 Å². The Bertz CT molecular complexity index is 608. The molecule has 0 unspecified atom stereocenters. The number of amides is 1. The molecule has 1 atom stereocenters. The van der Waals surface area contributed by atoms with E-state index < -0.39 is 0 Å². The molecule has 0 spiro atoms. The van der Waals surface area contributed by atoms with E-state index in [1.165, 1.54) is 19.8 Å². The van der Waals surface area contributed by atoms with Crippen molar-refractivity contribution in [3.05, 3.63) is 36.2 Å². The van der Waals surface area contributed by atoms with E-state index in [4.69, 9.17) is 0 Å². The quantitative estimate of drug-likeness (QED) is 0.798. The Morgan fingerprint density at radius 1 is 1.32 bits per heavy atom. The van der Waals surface area contributed by atoms with Gasteiger partial charge in [0, 0.05) is 25.7 Å². The highest BCUT2D eigenvalue weighted by Crippen LogP contribution is 2.16. The van der Waals surface area contributed by atoms with Crippen molar-refractivity contribution in [1.82, 2.24) is 25.1 Å². The van der Waals surface area contributed by atoms with Gasteiger partial charge in [-0.2, -0.15) is 5.10 Å². The van der Waals surface area contributed by atoms with Gasteiger partial charge < -0.3 is 5.32 Å². The van der Waals surface area contributed by atoms with Gasteiger partial charge in [0.15, 0.2) is 11.6 Å². The van der Waals surface area contributed by atoms with Gasteiger partial charge >= 0.3 is 0 Å². The van der Waals surface area contributed by atoms with Crippen LogP contribution in [0.3, 0.4) is 0 Å². The molecule has 0 aromatic carbocycles. The van der Waals surface area contributed by atoms with Crippen LogP contribution in [0.1, 0.15) is 57.7 Å². The maximum atomic E-state index is 11.3. The summed E-state index contributed by atoms with van der Waals surface area (Å²) < 4.78 is 1.80. The van der Waals surface area contributed by atoms with Crippen LogP contribution in [0.5, 0.6) is 0 Å². The zero-order valence-electron chi connectivity index (χ0n) is 13.4. The fourth-order valence-corrected chi connectivity index (χ4v) is 2.33. The largest absolute Gasteiger partial charge is 0.347 e. The van der Waals surface area contributed by atoms with Crippen molar-refractivity contribution in [2.75, 3.05) is 0 Å². The summed E-state index contributed by atoms with van der Waals surface area (Å²) in [6, 6.07) is 3.57. The Labute approximate surface area is 131 Å². The summed E-state index contributed by atoms with van der Waals surface area (Å²) in [6.07, 6.45) is 7.71.